The number of hydrogen-bond donors (Lipinski definition) is 1. The second-order valence-electron chi connectivity index (χ2n) is 2.69. The van der Waals surface area contributed by atoms with Crippen molar-refractivity contribution in [3.8, 4) is 0 Å². The third-order valence-corrected chi connectivity index (χ3v) is 1.99. The Balaban J connectivity index is 3.17. The Hall–Kier alpha value is -1.30. The summed E-state index contributed by atoms with van der Waals surface area (Å²) in [5, 5.41) is 2.15. The first-order valence-corrected chi connectivity index (χ1v) is 5.11. The molecule has 1 amide bonds. The Morgan fingerprint density at radius 3 is 2.87 bits per heavy atom. The summed E-state index contributed by atoms with van der Waals surface area (Å²) in [4.78, 5) is 25.3. The molecule has 4 nitrogen and oxygen atoms in total. The fraction of sp³-hybridized carbons (Fsp3) is 0.222. The highest BCUT2D eigenvalue weighted by atomic mass is 79.9. The summed E-state index contributed by atoms with van der Waals surface area (Å²) in [5.74, 6) is -2.13. The summed E-state index contributed by atoms with van der Waals surface area (Å²) in [6.07, 6.45) is 0. The summed E-state index contributed by atoms with van der Waals surface area (Å²) in [5.41, 5.74) is -0.383. The maximum absolute atomic E-state index is 13.4. The minimum Gasteiger partial charge on any atom is -0.311 e. The predicted octanol–water partition coefficient (Wildman–Crippen LogP) is 1.76. The van der Waals surface area contributed by atoms with Gasteiger partial charge < -0.3 is 5.32 Å². The van der Waals surface area contributed by atoms with Gasteiger partial charge in [-0.25, -0.2) is 4.98 Å². The molecule has 0 atom stereocenters. The molecule has 0 unspecified atom stereocenters. The van der Waals surface area contributed by atoms with Crippen LogP contribution in [0.2, 0.25) is 0 Å². The molecule has 1 aromatic rings. The molecule has 0 aliphatic carbocycles. The second kappa shape index (κ2) is 4.97. The Kier molecular flexibility index (Phi) is 3.39. The highest BCUT2D eigenvalue weighted by Gasteiger charge is 2.12. The van der Waals surface area contributed by atoms with Crippen molar-refractivity contribution < 1.29 is 15.4 Å². The molecular weight excluding hydrogens is 267 g/mol. The van der Waals surface area contributed by atoms with Gasteiger partial charge in [-0.15, -0.1) is 0 Å². The van der Waals surface area contributed by atoms with E-state index in [4.69, 9.17) is 1.37 Å². The van der Waals surface area contributed by atoms with Crippen LogP contribution in [0.25, 0.3) is 0 Å². The number of Topliss-reactive ketones (excluding diaryl/α,β-unsaturated/α-hetero) is 1. The van der Waals surface area contributed by atoms with E-state index in [0.29, 0.717) is 0 Å². The zero-order valence-electron chi connectivity index (χ0n) is 8.80. The minimum absolute atomic E-state index is 0.0823. The molecule has 1 aromatic heterocycles. The normalized spacial score (nSPS) is 10.7. The van der Waals surface area contributed by atoms with Crippen molar-refractivity contribution in [3.05, 3.63) is 23.6 Å². The van der Waals surface area contributed by atoms with Crippen molar-refractivity contribution in [2.45, 2.75) is 6.92 Å². The van der Waals surface area contributed by atoms with Gasteiger partial charge in [0, 0.05) is 6.92 Å². The van der Waals surface area contributed by atoms with Crippen LogP contribution < -0.4 is 5.32 Å². The molecule has 0 saturated carbocycles. The second-order valence-corrected chi connectivity index (χ2v) is 3.25. The van der Waals surface area contributed by atoms with Gasteiger partial charge in [-0.2, -0.15) is 4.39 Å². The van der Waals surface area contributed by atoms with Crippen LogP contribution in [-0.2, 0) is 4.79 Å². The molecule has 1 rings (SSSR count). The van der Waals surface area contributed by atoms with E-state index in [9.17, 15) is 14.0 Å². The summed E-state index contributed by atoms with van der Waals surface area (Å²) < 4.78 is 20.8. The lowest BCUT2D eigenvalue weighted by Crippen LogP contribution is -2.11. The van der Waals surface area contributed by atoms with Crippen molar-refractivity contribution in [1.29, 1.82) is 0 Å². The van der Waals surface area contributed by atoms with Crippen molar-refractivity contribution in [1.82, 2.24) is 4.98 Å². The van der Waals surface area contributed by atoms with Gasteiger partial charge in [-0.05, 0) is 12.1 Å². The van der Waals surface area contributed by atoms with Gasteiger partial charge in [0.2, 0.25) is 11.9 Å². The van der Waals surface area contributed by atoms with Crippen LogP contribution in [0.1, 0.15) is 18.7 Å². The zero-order chi connectivity index (χ0) is 12.3. The number of carbonyl (C=O) groups is 2. The number of halogens is 2. The lowest BCUT2D eigenvalue weighted by atomic mass is 10.2. The number of pyridine rings is 1. The lowest BCUT2D eigenvalue weighted by molar-refractivity contribution is -0.114. The first-order valence-electron chi connectivity index (χ1n) is 4.49. The fourth-order valence-corrected chi connectivity index (χ4v) is 1.18. The molecule has 0 bridgehead atoms. The number of alkyl halides is 1. The van der Waals surface area contributed by atoms with Crippen LogP contribution >= 0.6 is 15.9 Å². The first-order chi connectivity index (χ1) is 7.45. The molecule has 1 heterocycles. The van der Waals surface area contributed by atoms with Crippen LogP contribution in [0.3, 0.4) is 0 Å². The molecule has 0 radical (unpaired) electrons. The van der Waals surface area contributed by atoms with Gasteiger partial charge in [0.05, 0.1) is 12.3 Å². The van der Waals surface area contributed by atoms with E-state index in [-0.39, 0.29) is 22.8 Å². The molecule has 0 saturated heterocycles. The van der Waals surface area contributed by atoms with Gasteiger partial charge in [0.15, 0.2) is 5.78 Å². The summed E-state index contributed by atoms with van der Waals surface area (Å²) in [6.45, 7) is 1.24. The molecule has 0 fully saturated rings. The van der Waals surface area contributed by atoms with Gasteiger partial charge in [0.1, 0.15) is 5.82 Å². The number of ketones is 1. The zero-order valence-corrected chi connectivity index (χ0v) is 9.39. The van der Waals surface area contributed by atoms with Crippen molar-refractivity contribution in [2.75, 3.05) is 10.6 Å². The Labute approximate surface area is 95.4 Å². The monoisotopic (exact) mass is 275 g/mol. The van der Waals surface area contributed by atoms with E-state index in [1.54, 1.807) is 0 Å². The Bertz CT molecular complexity index is 430. The van der Waals surface area contributed by atoms with E-state index in [0.717, 1.165) is 6.07 Å². The number of amides is 1. The van der Waals surface area contributed by atoms with Crippen LogP contribution in [0, 0.1) is 5.95 Å². The highest BCUT2D eigenvalue weighted by Crippen LogP contribution is 2.11. The van der Waals surface area contributed by atoms with E-state index in [1.807, 2.05) is 0 Å². The maximum Gasteiger partial charge on any atom is 0.225 e. The van der Waals surface area contributed by atoms with Gasteiger partial charge in [0.25, 0.3) is 0 Å². The van der Waals surface area contributed by atoms with Gasteiger partial charge >= 0.3 is 0 Å². The number of rotatable bonds is 3. The van der Waals surface area contributed by atoms with E-state index in [1.165, 1.54) is 6.92 Å². The van der Waals surface area contributed by atoms with Gasteiger partial charge in [-0.3, -0.25) is 9.59 Å². The molecule has 80 valence electrons. The molecule has 0 aliphatic rings. The topological polar surface area (TPSA) is 59.1 Å². The van der Waals surface area contributed by atoms with Gasteiger partial charge in [-0.1, -0.05) is 15.9 Å². The van der Waals surface area contributed by atoms with E-state index >= 15 is 0 Å². The van der Waals surface area contributed by atoms with Crippen LogP contribution in [-0.4, -0.2) is 22.0 Å². The largest absolute Gasteiger partial charge is 0.311 e. The number of aromatic nitrogens is 1. The molecule has 0 aromatic carbocycles. The predicted molar refractivity (Wildman–Crippen MR) is 56.6 cm³/mol. The molecule has 15 heavy (non-hydrogen) atoms. The SMILES string of the molecule is [2H]c1cc(NC(C)=O)nc(F)c1C(=O)CBr. The number of nitrogens with one attached hydrogen (secondary N) is 1. The number of hydrogen-bond acceptors (Lipinski definition) is 3. The minimum atomic E-state index is -1.05. The van der Waals surface area contributed by atoms with E-state index in [2.05, 4.69) is 26.2 Å². The molecule has 0 aliphatic heterocycles. The Morgan fingerprint density at radius 2 is 2.40 bits per heavy atom. The molecule has 1 N–H and O–H groups in total. The van der Waals surface area contributed by atoms with Crippen LogP contribution in [0.5, 0.6) is 0 Å². The standard InChI is InChI=1S/C9H8BrFN2O2/c1-5(14)12-8-3-2-6(7(15)4-10)9(11)13-8/h2-3H,4H2,1H3,(H,12,13,14)/i2D. The fourth-order valence-electron chi connectivity index (χ4n) is 0.901. The smallest absolute Gasteiger partial charge is 0.225 e. The van der Waals surface area contributed by atoms with Crippen LogP contribution in [0.15, 0.2) is 12.1 Å². The molecular formula is C9H8BrFN2O2. The quantitative estimate of drug-likeness (QED) is 0.520. The average molecular weight is 276 g/mol. The third kappa shape index (κ3) is 3.09. The maximum atomic E-state index is 13.4. The van der Waals surface area contributed by atoms with Crippen molar-refractivity contribution in [2.24, 2.45) is 0 Å². The van der Waals surface area contributed by atoms with Crippen molar-refractivity contribution in [3.63, 3.8) is 0 Å². The number of anilines is 1. The number of carbonyl (C=O) groups excluding carboxylic acids is 2. The van der Waals surface area contributed by atoms with Crippen LogP contribution in [0.4, 0.5) is 10.2 Å². The third-order valence-electron chi connectivity index (χ3n) is 1.48. The first kappa shape index (κ1) is 10.2. The summed E-state index contributed by atoms with van der Waals surface area (Å²) in [6, 6.07) is 0.820. The number of nitrogens with zero attached hydrogens (tertiary/aromatic N) is 1. The van der Waals surface area contributed by atoms with E-state index < -0.39 is 17.6 Å². The summed E-state index contributed by atoms with van der Waals surface area (Å²) >= 11 is 2.88. The average Bonchev–Trinajstić information content (AvgIpc) is 2.15. The Morgan fingerprint density at radius 1 is 1.73 bits per heavy atom. The lowest BCUT2D eigenvalue weighted by Gasteiger charge is -2.03. The van der Waals surface area contributed by atoms with Crippen molar-refractivity contribution >= 4 is 33.4 Å². The summed E-state index contributed by atoms with van der Waals surface area (Å²) in [7, 11) is 0. The molecule has 6 heteroatoms. The highest BCUT2D eigenvalue weighted by molar-refractivity contribution is 9.09. The molecule has 0 spiro atoms.